The summed E-state index contributed by atoms with van der Waals surface area (Å²) in [6, 6.07) is 0. The summed E-state index contributed by atoms with van der Waals surface area (Å²) < 4.78 is 0. The second kappa shape index (κ2) is 3.08. The van der Waals surface area contributed by atoms with Crippen molar-refractivity contribution in [1.29, 1.82) is 0 Å². The number of fused-ring (bicyclic) bond motifs is 1. The van der Waals surface area contributed by atoms with Crippen LogP contribution in [0.4, 0.5) is 0 Å². The monoisotopic (exact) mass is 190 g/mol. The number of Topliss-reactive ketones (excluding diaryl/α,β-unsaturated/α-hetero) is 1. The maximum atomic E-state index is 11.6. The molecule has 0 aromatic heterocycles. The van der Waals surface area contributed by atoms with Gasteiger partial charge in [-0.1, -0.05) is 39.0 Å². The third-order valence-electron chi connectivity index (χ3n) is 3.31. The van der Waals surface area contributed by atoms with Crippen LogP contribution in [0.2, 0.25) is 0 Å². The molecule has 2 unspecified atom stereocenters. The van der Waals surface area contributed by atoms with E-state index in [2.05, 4.69) is 39.0 Å². The maximum Gasteiger partial charge on any atom is 0.140 e. The molecule has 1 fully saturated rings. The molecule has 0 saturated heterocycles. The fourth-order valence-electron chi connectivity index (χ4n) is 2.30. The highest BCUT2D eigenvalue weighted by Crippen LogP contribution is 2.39. The second-order valence-electron chi connectivity index (χ2n) is 5.43. The fourth-order valence-corrected chi connectivity index (χ4v) is 2.30. The number of hydrogen-bond acceptors (Lipinski definition) is 1. The van der Waals surface area contributed by atoms with E-state index in [0.717, 1.165) is 12.8 Å². The topological polar surface area (TPSA) is 17.1 Å². The number of allylic oxidation sites excluding steroid dienone is 4. The summed E-state index contributed by atoms with van der Waals surface area (Å²) >= 11 is 0. The third kappa shape index (κ3) is 1.56. The Labute approximate surface area is 85.9 Å². The van der Waals surface area contributed by atoms with Crippen molar-refractivity contribution < 1.29 is 4.79 Å². The van der Waals surface area contributed by atoms with E-state index in [-0.39, 0.29) is 11.3 Å². The molecule has 0 amide bonds. The number of ketones is 1. The summed E-state index contributed by atoms with van der Waals surface area (Å²) in [5, 5.41) is 0. The predicted molar refractivity (Wildman–Crippen MR) is 57.9 cm³/mol. The van der Waals surface area contributed by atoms with Gasteiger partial charge in [-0.05, 0) is 23.3 Å². The molecule has 0 radical (unpaired) electrons. The molecular formula is C13H18O. The molecule has 1 saturated carbocycles. The standard InChI is InChI=1S/C13H18O/c1-13(2,3)10-6-4-9-5-7-12(14)11(9)8-10/h4,6,8-9,11H,5,7H2,1-3H3. The van der Waals surface area contributed by atoms with Crippen LogP contribution in [-0.4, -0.2) is 5.78 Å². The van der Waals surface area contributed by atoms with E-state index < -0.39 is 0 Å². The highest BCUT2D eigenvalue weighted by Gasteiger charge is 2.34. The van der Waals surface area contributed by atoms with E-state index in [9.17, 15) is 4.79 Å². The molecular weight excluding hydrogens is 172 g/mol. The lowest BCUT2D eigenvalue weighted by Gasteiger charge is -2.26. The Bertz CT molecular complexity index is 315. The summed E-state index contributed by atoms with van der Waals surface area (Å²) in [4.78, 5) is 11.6. The molecule has 0 bridgehead atoms. The van der Waals surface area contributed by atoms with Crippen molar-refractivity contribution in [2.45, 2.75) is 33.6 Å². The lowest BCUT2D eigenvalue weighted by molar-refractivity contribution is -0.119. The van der Waals surface area contributed by atoms with Crippen LogP contribution in [-0.2, 0) is 4.79 Å². The summed E-state index contributed by atoms with van der Waals surface area (Å²) in [6.45, 7) is 6.59. The van der Waals surface area contributed by atoms with E-state index in [0.29, 0.717) is 11.7 Å². The van der Waals surface area contributed by atoms with Crippen LogP contribution in [0, 0.1) is 17.3 Å². The van der Waals surface area contributed by atoms with E-state index in [1.807, 2.05) is 0 Å². The predicted octanol–water partition coefficient (Wildman–Crippen LogP) is 3.12. The van der Waals surface area contributed by atoms with E-state index in [1.165, 1.54) is 5.57 Å². The van der Waals surface area contributed by atoms with E-state index >= 15 is 0 Å². The van der Waals surface area contributed by atoms with Crippen molar-refractivity contribution >= 4 is 5.78 Å². The van der Waals surface area contributed by atoms with Crippen molar-refractivity contribution in [3.05, 3.63) is 23.8 Å². The van der Waals surface area contributed by atoms with E-state index in [1.54, 1.807) is 0 Å². The Morgan fingerprint density at radius 3 is 2.71 bits per heavy atom. The molecule has 0 aromatic rings. The average molecular weight is 190 g/mol. The molecule has 0 N–H and O–H groups in total. The van der Waals surface area contributed by atoms with Crippen LogP contribution in [0.3, 0.4) is 0 Å². The summed E-state index contributed by atoms with van der Waals surface area (Å²) in [6.07, 6.45) is 8.46. The lowest BCUT2D eigenvalue weighted by atomic mass is 9.78. The van der Waals surface area contributed by atoms with Crippen molar-refractivity contribution in [1.82, 2.24) is 0 Å². The molecule has 2 aliphatic rings. The minimum atomic E-state index is 0.171. The van der Waals surface area contributed by atoms with Gasteiger partial charge in [0.15, 0.2) is 0 Å². The quantitative estimate of drug-likeness (QED) is 0.573. The van der Waals surface area contributed by atoms with Crippen molar-refractivity contribution in [3.8, 4) is 0 Å². The molecule has 0 aromatic carbocycles. The zero-order valence-corrected chi connectivity index (χ0v) is 9.21. The average Bonchev–Trinajstić information content (AvgIpc) is 2.46. The molecule has 0 aliphatic heterocycles. The maximum absolute atomic E-state index is 11.6. The second-order valence-corrected chi connectivity index (χ2v) is 5.43. The van der Waals surface area contributed by atoms with Crippen LogP contribution in [0.5, 0.6) is 0 Å². The highest BCUT2D eigenvalue weighted by atomic mass is 16.1. The zero-order chi connectivity index (χ0) is 10.3. The SMILES string of the molecule is CC(C)(C)C1=CC2C(=O)CCC2C=C1. The molecule has 2 aliphatic carbocycles. The lowest BCUT2D eigenvalue weighted by Crippen LogP contribution is -2.18. The zero-order valence-electron chi connectivity index (χ0n) is 9.21. The first kappa shape index (κ1) is 9.70. The Kier molecular flexibility index (Phi) is 2.13. The molecule has 0 heterocycles. The largest absolute Gasteiger partial charge is 0.299 e. The van der Waals surface area contributed by atoms with Crippen LogP contribution in [0.25, 0.3) is 0 Å². The highest BCUT2D eigenvalue weighted by molar-refractivity contribution is 5.86. The van der Waals surface area contributed by atoms with Crippen molar-refractivity contribution in [2.24, 2.45) is 17.3 Å². The van der Waals surface area contributed by atoms with Gasteiger partial charge in [0.2, 0.25) is 0 Å². The Hall–Kier alpha value is -0.850. The van der Waals surface area contributed by atoms with E-state index in [4.69, 9.17) is 0 Å². The van der Waals surface area contributed by atoms with Crippen LogP contribution >= 0.6 is 0 Å². The Balaban J connectivity index is 2.28. The molecule has 76 valence electrons. The Morgan fingerprint density at radius 2 is 2.07 bits per heavy atom. The van der Waals surface area contributed by atoms with Crippen LogP contribution in [0.15, 0.2) is 23.8 Å². The Morgan fingerprint density at radius 1 is 1.36 bits per heavy atom. The number of carbonyl (C=O) groups excluding carboxylic acids is 1. The number of rotatable bonds is 0. The van der Waals surface area contributed by atoms with Gasteiger partial charge in [-0.15, -0.1) is 0 Å². The van der Waals surface area contributed by atoms with Gasteiger partial charge < -0.3 is 0 Å². The normalized spacial score (nSPS) is 31.6. The van der Waals surface area contributed by atoms with Crippen LogP contribution < -0.4 is 0 Å². The minimum absolute atomic E-state index is 0.171. The first-order valence-corrected chi connectivity index (χ1v) is 5.42. The third-order valence-corrected chi connectivity index (χ3v) is 3.31. The number of hydrogen-bond donors (Lipinski definition) is 0. The molecule has 1 nitrogen and oxygen atoms in total. The molecule has 14 heavy (non-hydrogen) atoms. The van der Waals surface area contributed by atoms with Gasteiger partial charge in [0.05, 0.1) is 0 Å². The van der Waals surface area contributed by atoms with Gasteiger partial charge in [-0.2, -0.15) is 0 Å². The molecule has 2 atom stereocenters. The van der Waals surface area contributed by atoms with Crippen LogP contribution in [0.1, 0.15) is 33.6 Å². The molecule has 0 spiro atoms. The molecule has 1 heteroatoms. The van der Waals surface area contributed by atoms with Gasteiger partial charge in [-0.25, -0.2) is 0 Å². The van der Waals surface area contributed by atoms with Gasteiger partial charge in [-0.3, -0.25) is 4.79 Å². The smallest absolute Gasteiger partial charge is 0.140 e. The van der Waals surface area contributed by atoms with Gasteiger partial charge in [0.25, 0.3) is 0 Å². The summed E-state index contributed by atoms with van der Waals surface area (Å²) in [5.41, 5.74) is 1.48. The summed E-state index contributed by atoms with van der Waals surface area (Å²) in [5.74, 6) is 1.11. The van der Waals surface area contributed by atoms with Crippen molar-refractivity contribution in [2.75, 3.05) is 0 Å². The molecule has 2 rings (SSSR count). The van der Waals surface area contributed by atoms with Gasteiger partial charge >= 0.3 is 0 Å². The summed E-state index contributed by atoms with van der Waals surface area (Å²) in [7, 11) is 0. The minimum Gasteiger partial charge on any atom is -0.299 e. The van der Waals surface area contributed by atoms with Gasteiger partial charge in [0.1, 0.15) is 5.78 Å². The fraction of sp³-hybridized carbons (Fsp3) is 0.615. The number of carbonyl (C=O) groups is 1. The van der Waals surface area contributed by atoms with Gasteiger partial charge in [0, 0.05) is 12.3 Å². The van der Waals surface area contributed by atoms with Crippen molar-refractivity contribution in [3.63, 3.8) is 0 Å². The first-order chi connectivity index (χ1) is 6.48. The first-order valence-electron chi connectivity index (χ1n) is 5.42.